The number of aromatic nitrogens is 2. The van der Waals surface area contributed by atoms with Gasteiger partial charge in [0.25, 0.3) is 0 Å². The molecule has 21 heavy (non-hydrogen) atoms. The lowest BCUT2D eigenvalue weighted by atomic mass is 10.1. The van der Waals surface area contributed by atoms with E-state index in [-0.39, 0.29) is 5.82 Å². The van der Waals surface area contributed by atoms with E-state index in [1.165, 1.54) is 6.07 Å². The lowest BCUT2D eigenvalue weighted by Crippen LogP contribution is -2.09. The van der Waals surface area contributed by atoms with Crippen LogP contribution in [-0.2, 0) is 11.3 Å². The Kier molecular flexibility index (Phi) is 3.84. The van der Waals surface area contributed by atoms with E-state index in [2.05, 4.69) is 15.3 Å². The number of benzene rings is 1. The molecule has 1 saturated carbocycles. The minimum atomic E-state index is -0.182. The van der Waals surface area contributed by atoms with E-state index >= 15 is 0 Å². The van der Waals surface area contributed by atoms with E-state index in [9.17, 15) is 4.39 Å². The van der Waals surface area contributed by atoms with Gasteiger partial charge in [-0.1, -0.05) is 12.1 Å². The molecule has 1 fully saturated rings. The zero-order valence-corrected chi connectivity index (χ0v) is 12.1. The van der Waals surface area contributed by atoms with Gasteiger partial charge in [0.05, 0.1) is 0 Å². The Morgan fingerprint density at radius 3 is 2.95 bits per heavy atom. The van der Waals surface area contributed by atoms with Crippen molar-refractivity contribution in [2.45, 2.75) is 31.9 Å². The number of rotatable bonds is 5. The summed E-state index contributed by atoms with van der Waals surface area (Å²) in [5.74, 6) is 1.64. The molecular formula is C16H18FN3O. The summed E-state index contributed by atoms with van der Waals surface area (Å²) in [5.41, 5.74) is 1.94. The van der Waals surface area contributed by atoms with Crippen molar-refractivity contribution in [3.8, 4) is 0 Å². The standard InChI is InChI=1S/C16H18FN3O/c1-10-6-15(20-16(18-10)9-21-2)19-14-8-13(14)11-4-3-5-12(17)7-11/h3-7,13-14H,8-9H2,1-2H3,(H,18,19,20)/t13-,14+/m0/s1. The van der Waals surface area contributed by atoms with Crippen LogP contribution in [0.25, 0.3) is 0 Å². The molecule has 1 heterocycles. The molecule has 0 radical (unpaired) electrons. The fourth-order valence-corrected chi connectivity index (χ4v) is 2.55. The van der Waals surface area contributed by atoms with Crippen molar-refractivity contribution in [3.63, 3.8) is 0 Å². The molecule has 0 bridgehead atoms. The Morgan fingerprint density at radius 1 is 1.33 bits per heavy atom. The summed E-state index contributed by atoms with van der Waals surface area (Å²) in [6.07, 6.45) is 0.992. The van der Waals surface area contributed by atoms with E-state index in [0.717, 1.165) is 23.5 Å². The molecule has 0 saturated heterocycles. The van der Waals surface area contributed by atoms with Gasteiger partial charge in [0.1, 0.15) is 18.2 Å². The number of methoxy groups -OCH3 is 1. The quantitative estimate of drug-likeness (QED) is 0.918. The summed E-state index contributed by atoms with van der Waals surface area (Å²) in [6, 6.07) is 9.02. The molecule has 5 heteroatoms. The highest BCUT2D eigenvalue weighted by Gasteiger charge is 2.38. The van der Waals surface area contributed by atoms with Crippen LogP contribution in [0.3, 0.4) is 0 Å². The first-order chi connectivity index (χ1) is 10.2. The Labute approximate surface area is 123 Å². The average Bonchev–Trinajstić information content (AvgIpc) is 3.17. The van der Waals surface area contributed by atoms with Crippen LogP contribution < -0.4 is 5.32 Å². The predicted octanol–water partition coefficient (Wildman–Crippen LogP) is 3.04. The number of anilines is 1. The van der Waals surface area contributed by atoms with Crippen LogP contribution in [0.5, 0.6) is 0 Å². The van der Waals surface area contributed by atoms with Gasteiger partial charge in [0.2, 0.25) is 0 Å². The molecule has 3 rings (SSSR count). The smallest absolute Gasteiger partial charge is 0.156 e. The average molecular weight is 287 g/mol. The number of ether oxygens (including phenoxy) is 1. The number of hydrogen-bond acceptors (Lipinski definition) is 4. The molecule has 1 N–H and O–H groups in total. The van der Waals surface area contributed by atoms with Gasteiger partial charge in [-0.2, -0.15) is 0 Å². The summed E-state index contributed by atoms with van der Waals surface area (Å²) in [5, 5.41) is 3.39. The second kappa shape index (κ2) is 5.77. The molecule has 1 aliphatic rings. The maximum absolute atomic E-state index is 13.2. The van der Waals surface area contributed by atoms with Gasteiger partial charge in [-0.15, -0.1) is 0 Å². The van der Waals surface area contributed by atoms with Crippen molar-refractivity contribution in [1.29, 1.82) is 0 Å². The number of halogens is 1. The van der Waals surface area contributed by atoms with Gasteiger partial charge in [-0.05, 0) is 31.0 Å². The lowest BCUT2D eigenvalue weighted by Gasteiger charge is -2.08. The minimum absolute atomic E-state index is 0.182. The molecule has 2 aromatic rings. The first-order valence-corrected chi connectivity index (χ1v) is 7.01. The van der Waals surface area contributed by atoms with Crippen LogP contribution in [-0.4, -0.2) is 23.1 Å². The zero-order chi connectivity index (χ0) is 14.8. The molecule has 2 atom stereocenters. The van der Waals surface area contributed by atoms with Crippen molar-refractivity contribution < 1.29 is 9.13 Å². The van der Waals surface area contributed by atoms with Crippen LogP contribution in [0.1, 0.15) is 29.4 Å². The van der Waals surface area contributed by atoms with Crippen molar-refractivity contribution in [3.05, 3.63) is 53.2 Å². The van der Waals surface area contributed by atoms with Gasteiger partial charge in [-0.3, -0.25) is 0 Å². The van der Waals surface area contributed by atoms with Gasteiger partial charge in [-0.25, -0.2) is 14.4 Å². The number of hydrogen-bond donors (Lipinski definition) is 1. The minimum Gasteiger partial charge on any atom is -0.377 e. The summed E-state index contributed by atoms with van der Waals surface area (Å²) in [6.45, 7) is 2.33. The maximum Gasteiger partial charge on any atom is 0.156 e. The summed E-state index contributed by atoms with van der Waals surface area (Å²) in [4.78, 5) is 8.74. The SMILES string of the molecule is COCc1nc(C)cc(N[C@@H]2C[C@H]2c2cccc(F)c2)n1. The second-order valence-electron chi connectivity index (χ2n) is 5.39. The summed E-state index contributed by atoms with van der Waals surface area (Å²) >= 11 is 0. The topological polar surface area (TPSA) is 47.0 Å². The molecule has 1 aromatic heterocycles. The molecule has 0 aliphatic heterocycles. The van der Waals surface area contributed by atoms with Crippen LogP contribution >= 0.6 is 0 Å². The van der Waals surface area contributed by atoms with E-state index in [1.54, 1.807) is 19.2 Å². The van der Waals surface area contributed by atoms with Gasteiger partial charge >= 0.3 is 0 Å². The van der Waals surface area contributed by atoms with E-state index in [0.29, 0.717) is 24.4 Å². The fourth-order valence-electron chi connectivity index (χ4n) is 2.55. The lowest BCUT2D eigenvalue weighted by molar-refractivity contribution is 0.177. The molecule has 0 spiro atoms. The first-order valence-electron chi connectivity index (χ1n) is 7.01. The molecule has 110 valence electrons. The fraction of sp³-hybridized carbons (Fsp3) is 0.375. The van der Waals surface area contributed by atoms with Crippen molar-refractivity contribution in [2.75, 3.05) is 12.4 Å². The molecule has 4 nitrogen and oxygen atoms in total. The van der Waals surface area contributed by atoms with E-state index in [4.69, 9.17) is 4.74 Å². The van der Waals surface area contributed by atoms with Crippen molar-refractivity contribution in [2.24, 2.45) is 0 Å². The molecule has 0 amide bonds. The third kappa shape index (κ3) is 3.36. The Balaban J connectivity index is 1.69. The normalized spacial score (nSPS) is 20.3. The van der Waals surface area contributed by atoms with E-state index < -0.39 is 0 Å². The number of nitrogens with zero attached hydrogens (tertiary/aromatic N) is 2. The third-order valence-corrected chi connectivity index (χ3v) is 3.57. The Hall–Kier alpha value is -2.01. The van der Waals surface area contributed by atoms with Crippen LogP contribution in [0.2, 0.25) is 0 Å². The van der Waals surface area contributed by atoms with Crippen LogP contribution in [0, 0.1) is 12.7 Å². The highest BCUT2D eigenvalue weighted by molar-refractivity contribution is 5.42. The summed E-state index contributed by atoms with van der Waals surface area (Å²) < 4.78 is 18.3. The first kappa shape index (κ1) is 13.9. The zero-order valence-electron chi connectivity index (χ0n) is 12.1. The van der Waals surface area contributed by atoms with Crippen LogP contribution in [0.15, 0.2) is 30.3 Å². The number of aryl methyl sites for hydroxylation is 1. The monoisotopic (exact) mass is 287 g/mol. The van der Waals surface area contributed by atoms with Crippen molar-refractivity contribution in [1.82, 2.24) is 9.97 Å². The third-order valence-electron chi connectivity index (χ3n) is 3.57. The Bertz CT molecular complexity index is 647. The highest BCUT2D eigenvalue weighted by Crippen LogP contribution is 2.42. The van der Waals surface area contributed by atoms with Gasteiger partial charge in [0.15, 0.2) is 5.82 Å². The summed E-state index contributed by atoms with van der Waals surface area (Å²) in [7, 11) is 1.62. The molecule has 0 unspecified atom stereocenters. The second-order valence-corrected chi connectivity index (χ2v) is 5.39. The molecule has 1 aliphatic carbocycles. The largest absolute Gasteiger partial charge is 0.377 e. The predicted molar refractivity (Wildman–Crippen MR) is 78.7 cm³/mol. The maximum atomic E-state index is 13.2. The van der Waals surface area contributed by atoms with Crippen LogP contribution in [0.4, 0.5) is 10.2 Å². The molecular weight excluding hydrogens is 269 g/mol. The van der Waals surface area contributed by atoms with Gasteiger partial charge in [0, 0.05) is 30.8 Å². The van der Waals surface area contributed by atoms with Crippen molar-refractivity contribution >= 4 is 5.82 Å². The highest BCUT2D eigenvalue weighted by atomic mass is 19.1. The van der Waals surface area contributed by atoms with Gasteiger partial charge < -0.3 is 10.1 Å². The molecule has 1 aromatic carbocycles. The number of nitrogens with one attached hydrogen (secondary N) is 1. The van der Waals surface area contributed by atoms with E-state index in [1.807, 2.05) is 19.1 Å². The Morgan fingerprint density at radius 2 is 2.19 bits per heavy atom.